The van der Waals surface area contributed by atoms with Crippen molar-refractivity contribution in [2.24, 2.45) is 5.92 Å². The second kappa shape index (κ2) is 3.99. The molecule has 0 heterocycles. The van der Waals surface area contributed by atoms with E-state index >= 15 is 0 Å². The van der Waals surface area contributed by atoms with Gasteiger partial charge in [0.2, 0.25) is 0 Å². The van der Waals surface area contributed by atoms with Gasteiger partial charge in [-0.2, -0.15) is 0 Å². The number of hydrogen-bond acceptors (Lipinski definition) is 0. The van der Waals surface area contributed by atoms with Crippen molar-refractivity contribution >= 4 is 22.4 Å². The molecule has 0 aliphatic heterocycles. The Morgan fingerprint density at radius 1 is 1.00 bits per heavy atom. The Kier molecular flexibility index (Phi) is 2.41. The van der Waals surface area contributed by atoms with Gasteiger partial charge in [0.15, 0.2) is 0 Å². The third kappa shape index (κ3) is 1.45. The van der Waals surface area contributed by atoms with Crippen molar-refractivity contribution in [1.29, 1.82) is 0 Å². The molecule has 0 amide bonds. The van der Waals surface area contributed by atoms with Crippen molar-refractivity contribution in [3.05, 3.63) is 47.0 Å². The van der Waals surface area contributed by atoms with Crippen molar-refractivity contribution < 1.29 is 0 Å². The van der Waals surface area contributed by atoms with Crippen molar-refractivity contribution in [2.75, 3.05) is 0 Å². The van der Waals surface area contributed by atoms with Crippen LogP contribution in [-0.4, -0.2) is 0 Å². The monoisotopic (exact) mass is 256 g/mol. The average molecular weight is 257 g/mol. The van der Waals surface area contributed by atoms with E-state index in [2.05, 4.69) is 30.3 Å². The molecule has 1 unspecified atom stereocenters. The zero-order chi connectivity index (χ0) is 12.1. The number of halogens is 1. The summed E-state index contributed by atoms with van der Waals surface area (Å²) in [5.41, 5.74) is 4.40. The topological polar surface area (TPSA) is 0 Å². The minimum atomic E-state index is 0.212. The van der Waals surface area contributed by atoms with Gasteiger partial charge in [0.1, 0.15) is 0 Å². The lowest BCUT2D eigenvalue weighted by atomic mass is 9.79. The van der Waals surface area contributed by atoms with E-state index in [1.54, 1.807) is 0 Å². The Labute approximate surface area is 113 Å². The Morgan fingerprint density at radius 3 is 2.50 bits per heavy atom. The van der Waals surface area contributed by atoms with Crippen molar-refractivity contribution in [3.63, 3.8) is 0 Å². The van der Waals surface area contributed by atoms with Crippen molar-refractivity contribution in [1.82, 2.24) is 0 Å². The first-order valence-electron chi connectivity index (χ1n) is 7.02. The molecule has 4 rings (SSSR count). The maximum atomic E-state index is 6.71. The number of hydrogen-bond donors (Lipinski definition) is 0. The standard InChI is InChI=1S/C17H17Cl/c18-17(13-4-1-5-13)15-10-9-12-8-7-11-3-2-6-14(15)16(11)12/h2-3,6,9-10,13,17H,1,4-5,7-8H2. The molecule has 1 saturated carbocycles. The van der Waals surface area contributed by atoms with Crippen LogP contribution in [0.25, 0.3) is 10.8 Å². The lowest BCUT2D eigenvalue weighted by Crippen LogP contribution is -2.16. The third-order valence-corrected chi connectivity index (χ3v) is 5.36. The van der Waals surface area contributed by atoms with Crippen LogP contribution in [-0.2, 0) is 12.8 Å². The van der Waals surface area contributed by atoms with Gasteiger partial charge in [-0.25, -0.2) is 0 Å². The number of aryl methyl sites for hydroxylation is 2. The molecule has 1 atom stereocenters. The molecule has 0 aromatic heterocycles. The van der Waals surface area contributed by atoms with Gasteiger partial charge in [-0.05, 0) is 59.1 Å². The van der Waals surface area contributed by atoms with E-state index in [-0.39, 0.29) is 5.38 Å². The molecule has 0 spiro atoms. The predicted octanol–water partition coefficient (Wildman–Crippen LogP) is 5.02. The Morgan fingerprint density at radius 2 is 1.78 bits per heavy atom. The van der Waals surface area contributed by atoms with Gasteiger partial charge in [0, 0.05) is 0 Å². The summed E-state index contributed by atoms with van der Waals surface area (Å²) in [5, 5.41) is 3.12. The van der Waals surface area contributed by atoms with Crippen LogP contribution in [0.1, 0.15) is 41.3 Å². The fourth-order valence-electron chi connectivity index (χ4n) is 3.50. The molecule has 2 aliphatic carbocycles. The first-order valence-corrected chi connectivity index (χ1v) is 7.45. The van der Waals surface area contributed by atoms with Crippen LogP contribution in [0.4, 0.5) is 0 Å². The second-order valence-electron chi connectivity index (χ2n) is 5.75. The van der Waals surface area contributed by atoms with E-state index in [4.69, 9.17) is 11.6 Å². The van der Waals surface area contributed by atoms with Gasteiger partial charge in [-0.15, -0.1) is 11.6 Å². The predicted molar refractivity (Wildman–Crippen MR) is 77.3 cm³/mol. The molecule has 0 N–H and O–H groups in total. The molecule has 1 heteroatoms. The molecule has 2 aromatic carbocycles. The zero-order valence-electron chi connectivity index (χ0n) is 10.5. The summed E-state index contributed by atoms with van der Waals surface area (Å²) in [4.78, 5) is 0. The van der Waals surface area contributed by atoms with Gasteiger partial charge < -0.3 is 0 Å². The first kappa shape index (κ1) is 10.9. The molecule has 92 valence electrons. The van der Waals surface area contributed by atoms with Gasteiger partial charge in [-0.1, -0.05) is 36.8 Å². The first-order chi connectivity index (χ1) is 8.84. The molecule has 1 fully saturated rings. The summed E-state index contributed by atoms with van der Waals surface area (Å²) >= 11 is 6.71. The van der Waals surface area contributed by atoms with Crippen LogP contribution in [0, 0.1) is 5.92 Å². The minimum absolute atomic E-state index is 0.212. The van der Waals surface area contributed by atoms with Gasteiger partial charge in [-0.3, -0.25) is 0 Å². The third-order valence-electron chi connectivity index (χ3n) is 4.77. The highest BCUT2D eigenvalue weighted by atomic mass is 35.5. The molecule has 2 aliphatic rings. The normalized spacial score (nSPS) is 20.1. The molecule has 0 bridgehead atoms. The molecule has 0 saturated heterocycles. The van der Waals surface area contributed by atoms with Gasteiger partial charge in [0.25, 0.3) is 0 Å². The summed E-state index contributed by atoms with van der Waals surface area (Å²) in [5.74, 6) is 0.699. The van der Waals surface area contributed by atoms with Gasteiger partial charge in [0.05, 0.1) is 5.38 Å². The second-order valence-corrected chi connectivity index (χ2v) is 6.22. The SMILES string of the molecule is ClC(c1ccc2c3c(cccc13)CC2)C1CCC1. The summed E-state index contributed by atoms with van der Waals surface area (Å²) in [7, 11) is 0. The maximum Gasteiger partial charge on any atom is 0.0619 e. The Hall–Kier alpha value is -1.01. The van der Waals surface area contributed by atoms with Crippen molar-refractivity contribution in [2.45, 2.75) is 37.5 Å². The lowest BCUT2D eigenvalue weighted by Gasteiger charge is -2.30. The summed E-state index contributed by atoms with van der Waals surface area (Å²) in [6, 6.07) is 11.3. The van der Waals surface area contributed by atoms with E-state index < -0.39 is 0 Å². The quantitative estimate of drug-likeness (QED) is 0.662. The van der Waals surface area contributed by atoms with Crippen LogP contribution in [0.3, 0.4) is 0 Å². The zero-order valence-corrected chi connectivity index (χ0v) is 11.2. The highest BCUT2D eigenvalue weighted by Crippen LogP contribution is 2.45. The molecular formula is C17H17Cl. The fraction of sp³-hybridized carbons (Fsp3) is 0.412. The molecule has 18 heavy (non-hydrogen) atoms. The highest BCUT2D eigenvalue weighted by Gasteiger charge is 2.28. The summed E-state index contributed by atoms with van der Waals surface area (Å²) < 4.78 is 0. The average Bonchev–Trinajstić information content (AvgIpc) is 2.73. The largest absolute Gasteiger partial charge is 0.117 e. The van der Waals surface area contributed by atoms with Crippen LogP contribution >= 0.6 is 11.6 Å². The Balaban J connectivity index is 1.91. The van der Waals surface area contributed by atoms with E-state index in [1.807, 2.05) is 0 Å². The van der Waals surface area contributed by atoms with E-state index in [0.717, 1.165) is 0 Å². The summed E-state index contributed by atoms with van der Waals surface area (Å²) in [6.07, 6.45) is 6.36. The maximum absolute atomic E-state index is 6.71. The number of rotatable bonds is 2. The van der Waals surface area contributed by atoms with Gasteiger partial charge >= 0.3 is 0 Å². The summed E-state index contributed by atoms with van der Waals surface area (Å²) in [6.45, 7) is 0. The van der Waals surface area contributed by atoms with Crippen LogP contribution in [0.15, 0.2) is 30.3 Å². The molecule has 0 nitrogen and oxygen atoms in total. The number of alkyl halides is 1. The van der Waals surface area contributed by atoms with E-state index in [0.29, 0.717) is 5.92 Å². The van der Waals surface area contributed by atoms with Crippen molar-refractivity contribution in [3.8, 4) is 0 Å². The molecule has 2 aromatic rings. The van der Waals surface area contributed by atoms with E-state index in [9.17, 15) is 0 Å². The van der Waals surface area contributed by atoms with Crippen LogP contribution in [0.5, 0.6) is 0 Å². The number of benzene rings is 2. The van der Waals surface area contributed by atoms with Crippen LogP contribution in [0.2, 0.25) is 0 Å². The highest BCUT2D eigenvalue weighted by molar-refractivity contribution is 6.22. The van der Waals surface area contributed by atoms with Crippen LogP contribution < -0.4 is 0 Å². The molecular weight excluding hydrogens is 240 g/mol. The lowest BCUT2D eigenvalue weighted by molar-refractivity contribution is 0.306. The smallest absolute Gasteiger partial charge is 0.0619 e. The Bertz CT molecular complexity index is 600. The van der Waals surface area contributed by atoms with E-state index in [1.165, 1.54) is 59.6 Å². The molecule has 0 radical (unpaired) electrons. The fourth-order valence-corrected chi connectivity index (χ4v) is 3.94. The minimum Gasteiger partial charge on any atom is -0.117 e.